The van der Waals surface area contributed by atoms with Crippen LogP contribution in [-0.4, -0.2) is 20.1 Å². The number of carbonyl (C=O) groups excluding carboxylic acids is 1. The summed E-state index contributed by atoms with van der Waals surface area (Å²) in [6.07, 6.45) is 1.65. The summed E-state index contributed by atoms with van der Waals surface area (Å²) in [4.78, 5) is 28.9. The maximum atomic E-state index is 13.0. The van der Waals surface area contributed by atoms with Crippen molar-refractivity contribution in [1.29, 1.82) is 0 Å². The standard InChI is InChI=1S/C20H18ClN5O2/c1-2-6-17-23-19-15-9-3-4-10-16(15)25(20(28)26(19)24-17)12-18(27)22-14-8-5-7-13(21)11-14/h3-5,7-11H,2,6,12H2,1H3,(H,22,27)/p+1. The molecular weight excluding hydrogens is 378 g/mol. The molecule has 142 valence electrons. The first-order chi connectivity index (χ1) is 13.6. The second-order valence-corrected chi connectivity index (χ2v) is 6.96. The highest BCUT2D eigenvalue weighted by Gasteiger charge is 2.22. The van der Waals surface area contributed by atoms with Crippen LogP contribution in [0, 0.1) is 0 Å². The number of hydrogen-bond acceptors (Lipinski definition) is 3. The van der Waals surface area contributed by atoms with Crippen molar-refractivity contribution in [2.45, 2.75) is 26.3 Å². The van der Waals surface area contributed by atoms with Crippen molar-refractivity contribution >= 4 is 39.7 Å². The molecule has 2 heterocycles. The van der Waals surface area contributed by atoms with Crippen LogP contribution in [0.2, 0.25) is 5.02 Å². The van der Waals surface area contributed by atoms with Crippen LogP contribution in [-0.2, 0) is 17.8 Å². The number of nitrogens with zero attached hydrogens (tertiary/aromatic N) is 3. The summed E-state index contributed by atoms with van der Waals surface area (Å²) >= 11 is 5.96. The van der Waals surface area contributed by atoms with Crippen molar-refractivity contribution in [2.24, 2.45) is 0 Å². The Labute approximate surface area is 165 Å². The van der Waals surface area contributed by atoms with Crippen molar-refractivity contribution in [3.63, 3.8) is 0 Å². The van der Waals surface area contributed by atoms with Gasteiger partial charge in [0.25, 0.3) is 11.5 Å². The molecular formula is C20H19ClN5O2+. The molecule has 4 rings (SSSR count). The molecule has 0 spiro atoms. The van der Waals surface area contributed by atoms with Crippen molar-refractivity contribution in [2.75, 3.05) is 5.32 Å². The molecule has 28 heavy (non-hydrogen) atoms. The maximum absolute atomic E-state index is 13.0. The molecule has 0 unspecified atom stereocenters. The summed E-state index contributed by atoms with van der Waals surface area (Å²) < 4.78 is 2.76. The number of aromatic amines is 1. The number of anilines is 1. The number of aromatic nitrogens is 4. The number of halogens is 1. The minimum absolute atomic E-state index is 0.134. The van der Waals surface area contributed by atoms with E-state index in [1.54, 1.807) is 24.3 Å². The van der Waals surface area contributed by atoms with Gasteiger partial charge in [-0.3, -0.25) is 9.36 Å². The van der Waals surface area contributed by atoms with Crippen molar-refractivity contribution < 1.29 is 9.78 Å². The number of fused-ring (bicyclic) bond motifs is 3. The van der Waals surface area contributed by atoms with Crippen molar-refractivity contribution in [3.8, 4) is 0 Å². The highest BCUT2D eigenvalue weighted by atomic mass is 35.5. The molecule has 2 aromatic heterocycles. The van der Waals surface area contributed by atoms with Gasteiger partial charge >= 0.3 is 5.69 Å². The lowest BCUT2D eigenvalue weighted by atomic mass is 10.2. The lowest BCUT2D eigenvalue weighted by Crippen LogP contribution is -2.33. The molecule has 8 heteroatoms. The summed E-state index contributed by atoms with van der Waals surface area (Å²) in [7, 11) is 0. The third-order valence-corrected chi connectivity index (χ3v) is 4.69. The van der Waals surface area contributed by atoms with Gasteiger partial charge in [0.1, 0.15) is 6.54 Å². The zero-order valence-corrected chi connectivity index (χ0v) is 16.0. The molecule has 0 aliphatic rings. The molecule has 0 radical (unpaired) electrons. The normalized spacial score (nSPS) is 11.2. The lowest BCUT2D eigenvalue weighted by Gasteiger charge is -2.09. The largest absolute Gasteiger partial charge is 0.424 e. The Kier molecular flexibility index (Phi) is 4.83. The first-order valence-electron chi connectivity index (χ1n) is 9.04. The number of aryl methyl sites for hydroxylation is 1. The Morgan fingerprint density at radius 1 is 1.21 bits per heavy atom. The Balaban J connectivity index is 1.78. The number of carbonyl (C=O) groups is 1. The number of rotatable bonds is 5. The van der Waals surface area contributed by atoms with Gasteiger partial charge in [-0.25, -0.2) is 9.78 Å². The number of hydrogen-bond donors (Lipinski definition) is 1. The highest BCUT2D eigenvalue weighted by Crippen LogP contribution is 2.17. The highest BCUT2D eigenvalue weighted by molar-refractivity contribution is 6.30. The Bertz CT molecular complexity index is 1240. The van der Waals surface area contributed by atoms with Gasteiger partial charge in [-0.15, -0.1) is 0 Å². The summed E-state index contributed by atoms with van der Waals surface area (Å²) in [6.45, 7) is 1.92. The van der Waals surface area contributed by atoms with Gasteiger partial charge in [-0.2, -0.15) is 0 Å². The van der Waals surface area contributed by atoms with Gasteiger partial charge in [0, 0.05) is 17.1 Å². The summed E-state index contributed by atoms with van der Waals surface area (Å²) in [5.74, 6) is 0.421. The first-order valence-corrected chi connectivity index (χ1v) is 9.42. The van der Waals surface area contributed by atoms with E-state index in [9.17, 15) is 9.59 Å². The molecule has 2 aromatic carbocycles. The van der Waals surface area contributed by atoms with E-state index in [1.165, 1.54) is 9.08 Å². The van der Waals surface area contributed by atoms with Crippen LogP contribution in [0.5, 0.6) is 0 Å². The molecule has 2 N–H and O–H groups in total. The van der Waals surface area contributed by atoms with Gasteiger partial charge in [0.15, 0.2) is 0 Å². The number of para-hydroxylation sites is 1. The zero-order chi connectivity index (χ0) is 19.7. The van der Waals surface area contributed by atoms with E-state index in [4.69, 9.17) is 11.6 Å². The fourth-order valence-corrected chi connectivity index (χ4v) is 3.43. The summed E-state index contributed by atoms with van der Waals surface area (Å²) in [5, 5.41) is 8.52. The Morgan fingerprint density at radius 3 is 2.82 bits per heavy atom. The van der Waals surface area contributed by atoms with Gasteiger partial charge in [0.05, 0.1) is 16.0 Å². The van der Waals surface area contributed by atoms with Crippen LogP contribution in [0.25, 0.3) is 16.6 Å². The minimum Gasteiger partial charge on any atom is -0.324 e. The van der Waals surface area contributed by atoms with E-state index in [1.807, 2.05) is 24.3 Å². The first kappa shape index (κ1) is 18.2. The molecule has 0 saturated heterocycles. The number of nitrogens with one attached hydrogen (secondary N) is 2. The lowest BCUT2D eigenvalue weighted by molar-refractivity contribution is -0.358. The number of amides is 1. The van der Waals surface area contributed by atoms with Crippen LogP contribution >= 0.6 is 11.6 Å². The predicted molar refractivity (Wildman–Crippen MR) is 108 cm³/mol. The second kappa shape index (κ2) is 7.44. The minimum atomic E-state index is -0.367. The van der Waals surface area contributed by atoms with E-state index >= 15 is 0 Å². The molecule has 0 atom stereocenters. The molecule has 0 bridgehead atoms. The Hall–Kier alpha value is -3.19. The van der Waals surface area contributed by atoms with E-state index in [0.717, 1.165) is 24.1 Å². The predicted octanol–water partition coefficient (Wildman–Crippen LogP) is 2.71. The van der Waals surface area contributed by atoms with Gasteiger partial charge < -0.3 is 5.32 Å². The molecule has 0 aliphatic carbocycles. The number of benzene rings is 2. The molecule has 0 aliphatic heterocycles. The maximum Gasteiger partial charge on any atom is 0.424 e. The topological polar surface area (TPSA) is 82.5 Å². The van der Waals surface area contributed by atoms with Crippen LogP contribution in [0.3, 0.4) is 0 Å². The fourth-order valence-electron chi connectivity index (χ4n) is 3.24. The molecule has 4 aromatic rings. The van der Waals surface area contributed by atoms with E-state index in [-0.39, 0.29) is 18.1 Å². The molecule has 0 saturated carbocycles. The van der Waals surface area contributed by atoms with Crippen LogP contribution in [0.4, 0.5) is 5.69 Å². The van der Waals surface area contributed by atoms with Crippen LogP contribution in [0.15, 0.2) is 53.3 Å². The third kappa shape index (κ3) is 3.36. The quantitative estimate of drug-likeness (QED) is 0.563. The summed E-state index contributed by atoms with van der Waals surface area (Å²) in [6, 6.07) is 14.3. The fraction of sp³-hybridized carbons (Fsp3) is 0.200. The number of H-pyrrole nitrogens is 1. The zero-order valence-electron chi connectivity index (χ0n) is 15.3. The molecule has 1 amide bonds. The Morgan fingerprint density at radius 2 is 2.04 bits per heavy atom. The summed E-state index contributed by atoms with van der Waals surface area (Å²) in [5.41, 5.74) is 1.51. The van der Waals surface area contributed by atoms with Crippen LogP contribution < -0.4 is 16.0 Å². The van der Waals surface area contributed by atoms with E-state index in [2.05, 4.69) is 22.3 Å². The van der Waals surface area contributed by atoms with E-state index < -0.39 is 0 Å². The van der Waals surface area contributed by atoms with Gasteiger partial charge in [-0.05, 0) is 41.3 Å². The van der Waals surface area contributed by atoms with E-state index in [0.29, 0.717) is 21.9 Å². The average molecular weight is 397 g/mol. The average Bonchev–Trinajstić information content (AvgIpc) is 3.10. The molecule has 7 nitrogen and oxygen atoms in total. The SMILES string of the molecule is CCCc1nn2c(=O)n(CC(=O)Nc3cccc(Cl)c3)c3ccccc3c2[nH+]1. The molecule has 0 fully saturated rings. The smallest absolute Gasteiger partial charge is 0.324 e. The van der Waals surface area contributed by atoms with Crippen molar-refractivity contribution in [3.05, 3.63) is 69.9 Å². The van der Waals surface area contributed by atoms with Gasteiger partial charge in [-0.1, -0.05) is 36.7 Å². The van der Waals surface area contributed by atoms with Crippen LogP contribution in [0.1, 0.15) is 19.2 Å². The van der Waals surface area contributed by atoms with Crippen molar-refractivity contribution in [1.82, 2.24) is 14.2 Å². The van der Waals surface area contributed by atoms with Gasteiger partial charge in [0.2, 0.25) is 5.91 Å². The second-order valence-electron chi connectivity index (χ2n) is 6.53. The third-order valence-electron chi connectivity index (χ3n) is 4.45. The monoisotopic (exact) mass is 396 g/mol.